The lowest BCUT2D eigenvalue weighted by atomic mass is 9.46. The summed E-state index contributed by atoms with van der Waals surface area (Å²) in [5.41, 5.74) is 1.62. The van der Waals surface area contributed by atoms with Crippen molar-refractivity contribution in [2.24, 2.45) is 22.7 Å². The number of hydrogen-bond donors (Lipinski definition) is 5. The number of allylic oxidation sites excluding steroid dienone is 1. The van der Waals surface area contributed by atoms with E-state index in [0.717, 1.165) is 24.8 Å². The van der Waals surface area contributed by atoms with Crippen LogP contribution in [0.5, 0.6) is 0 Å². The molecular weight excluding hydrogens is 480 g/mol. The molecule has 212 valence electrons. The lowest BCUT2D eigenvalue weighted by Gasteiger charge is -2.61. The van der Waals surface area contributed by atoms with E-state index in [1.54, 1.807) is 6.08 Å². The van der Waals surface area contributed by atoms with Gasteiger partial charge >= 0.3 is 5.97 Å². The van der Waals surface area contributed by atoms with E-state index in [1.807, 2.05) is 0 Å². The normalized spacial score (nSPS) is 42.6. The van der Waals surface area contributed by atoms with E-state index in [4.69, 9.17) is 14.2 Å². The van der Waals surface area contributed by atoms with Gasteiger partial charge in [0, 0.05) is 12.3 Å². The second-order valence-corrected chi connectivity index (χ2v) is 11.6. The summed E-state index contributed by atoms with van der Waals surface area (Å²) in [5.74, 6) is -0.0460. The molecule has 0 aromatic rings. The van der Waals surface area contributed by atoms with Crippen molar-refractivity contribution in [3.8, 4) is 0 Å². The highest BCUT2D eigenvalue weighted by atomic mass is 16.7. The molecule has 0 aromatic carbocycles. The molecule has 2 aliphatic carbocycles. The van der Waals surface area contributed by atoms with Gasteiger partial charge in [0.05, 0.1) is 19.3 Å². The Balaban J connectivity index is 1.86. The standard InChI is InChI=1S/C28H46O9/c1-16-7-6-8-21-27(4,11-9-19(14-30)10-12-29)17(2)13-22(28(16,21)5)37-26-25(34)24(33)23(32)20(36-26)15-35-18(3)31/h7,10,17,20-26,29-30,32-34H,6,8-9,11-15H2,1-5H3. The van der Waals surface area contributed by atoms with Gasteiger partial charge in [-0.25, -0.2) is 0 Å². The van der Waals surface area contributed by atoms with Crippen molar-refractivity contribution < 1.29 is 44.5 Å². The summed E-state index contributed by atoms with van der Waals surface area (Å²) in [6.07, 6.45) is 1.17. The van der Waals surface area contributed by atoms with Gasteiger partial charge in [0.1, 0.15) is 31.0 Å². The minimum absolute atomic E-state index is 0.0620. The Labute approximate surface area is 220 Å². The fourth-order valence-electron chi connectivity index (χ4n) is 6.88. The number of aliphatic hydroxyl groups is 5. The van der Waals surface area contributed by atoms with E-state index >= 15 is 0 Å². The minimum Gasteiger partial charge on any atom is -0.463 e. The highest BCUT2D eigenvalue weighted by Gasteiger charge is 2.59. The molecule has 10 atom stereocenters. The molecule has 5 N–H and O–H groups in total. The Hall–Kier alpha value is -1.33. The molecule has 0 amide bonds. The van der Waals surface area contributed by atoms with Crippen molar-refractivity contribution in [3.05, 3.63) is 23.3 Å². The molecule has 37 heavy (non-hydrogen) atoms. The molecule has 1 saturated heterocycles. The highest BCUT2D eigenvalue weighted by Crippen LogP contribution is 2.63. The molecule has 1 saturated carbocycles. The van der Waals surface area contributed by atoms with E-state index in [2.05, 4.69) is 33.8 Å². The van der Waals surface area contributed by atoms with Crippen molar-refractivity contribution in [1.29, 1.82) is 0 Å². The van der Waals surface area contributed by atoms with Crippen LogP contribution in [0, 0.1) is 22.7 Å². The monoisotopic (exact) mass is 526 g/mol. The van der Waals surface area contributed by atoms with Gasteiger partial charge in [-0.3, -0.25) is 4.79 Å². The fraction of sp³-hybridized carbons (Fsp3) is 0.821. The molecular formula is C28H46O9. The molecule has 3 aliphatic rings. The third kappa shape index (κ3) is 5.98. The summed E-state index contributed by atoms with van der Waals surface area (Å²) in [5, 5.41) is 50.6. The summed E-state index contributed by atoms with van der Waals surface area (Å²) in [7, 11) is 0. The zero-order valence-electron chi connectivity index (χ0n) is 22.8. The second kappa shape index (κ2) is 12.2. The highest BCUT2D eigenvalue weighted by molar-refractivity contribution is 5.65. The minimum atomic E-state index is -1.51. The molecule has 0 bridgehead atoms. The first-order valence-electron chi connectivity index (χ1n) is 13.4. The topological polar surface area (TPSA) is 146 Å². The maximum Gasteiger partial charge on any atom is 0.302 e. The van der Waals surface area contributed by atoms with Gasteiger partial charge in [0.15, 0.2) is 6.29 Å². The van der Waals surface area contributed by atoms with Gasteiger partial charge in [-0.1, -0.05) is 38.5 Å². The summed E-state index contributed by atoms with van der Waals surface area (Å²) < 4.78 is 17.3. The van der Waals surface area contributed by atoms with Crippen LogP contribution in [0.1, 0.15) is 66.7 Å². The van der Waals surface area contributed by atoms with Crippen molar-refractivity contribution >= 4 is 5.97 Å². The first-order chi connectivity index (χ1) is 17.4. The summed E-state index contributed by atoms with van der Waals surface area (Å²) in [4.78, 5) is 11.3. The summed E-state index contributed by atoms with van der Waals surface area (Å²) in [6.45, 7) is 9.66. The maximum absolute atomic E-state index is 11.3. The van der Waals surface area contributed by atoms with E-state index in [0.29, 0.717) is 12.8 Å². The maximum atomic E-state index is 11.3. The SMILES string of the molecule is CC(=O)OCC1OC(OC2CC(C)C(C)(CCC(=CCO)CO)C3CCC=C(C)C23C)C(O)C(O)C1O. The van der Waals surface area contributed by atoms with Gasteiger partial charge < -0.3 is 39.7 Å². The number of carbonyl (C=O) groups excluding carboxylic acids is 1. The Bertz CT molecular complexity index is 857. The van der Waals surface area contributed by atoms with Gasteiger partial charge in [-0.15, -0.1) is 0 Å². The van der Waals surface area contributed by atoms with Crippen LogP contribution in [-0.4, -0.2) is 88.1 Å². The number of carbonyl (C=O) groups is 1. The third-order valence-corrected chi connectivity index (χ3v) is 9.62. The van der Waals surface area contributed by atoms with Crippen molar-refractivity contribution in [3.63, 3.8) is 0 Å². The molecule has 0 radical (unpaired) electrons. The van der Waals surface area contributed by atoms with Gasteiger partial charge in [-0.2, -0.15) is 0 Å². The molecule has 0 aromatic heterocycles. The summed E-state index contributed by atoms with van der Waals surface area (Å²) in [6, 6.07) is 0. The van der Waals surface area contributed by atoms with Crippen LogP contribution in [0.4, 0.5) is 0 Å². The Morgan fingerprint density at radius 1 is 1.19 bits per heavy atom. The third-order valence-electron chi connectivity index (χ3n) is 9.62. The molecule has 3 rings (SSSR count). The van der Waals surface area contributed by atoms with E-state index in [1.165, 1.54) is 12.5 Å². The Kier molecular flexibility index (Phi) is 9.99. The molecule has 0 spiro atoms. The number of aliphatic hydroxyl groups excluding tert-OH is 5. The molecule has 10 unspecified atom stereocenters. The van der Waals surface area contributed by atoms with Gasteiger partial charge in [0.2, 0.25) is 0 Å². The number of ether oxygens (including phenoxy) is 3. The zero-order chi connectivity index (χ0) is 27.5. The van der Waals surface area contributed by atoms with Crippen LogP contribution in [0.15, 0.2) is 23.3 Å². The van der Waals surface area contributed by atoms with E-state index in [-0.39, 0.29) is 48.6 Å². The van der Waals surface area contributed by atoms with Crippen LogP contribution in [0.3, 0.4) is 0 Å². The molecule has 9 heteroatoms. The zero-order valence-corrected chi connectivity index (χ0v) is 22.8. The molecule has 9 nitrogen and oxygen atoms in total. The fourth-order valence-corrected chi connectivity index (χ4v) is 6.88. The number of rotatable bonds is 9. The smallest absolute Gasteiger partial charge is 0.302 e. The van der Waals surface area contributed by atoms with E-state index in [9.17, 15) is 30.3 Å². The summed E-state index contributed by atoms with van der Waals surface area (Å²) >= 11 is 0. The predicted octanol–water partition coefficient (Wildman–Crippen LogP) is 1.84. The van der Waals surface area contributed by atoms with E-state index < -0.39 is 36.7 Å². The molecule has 2 fully saturated rings. The first-order valence-corrected chi connectivity index (χ1v) is 13.4. The Morgan fingerprint density at radius 3 is 2.51 bits per heavy atom. The van der Waals surface area contributed by atoms with Crippen molar-refractivity contribution in [1.82, 2.24) is 0 Å². The number of esters is 1. The van der Waals surface area contributed by atoms with Crippen LogP contribution in [0.2, 0.25) is 0 Å². The Morgan fingerprint density at radius 2 is 1.89 bits per heavy atom. The van der Waals surface area contributed by atoms with Crippen LogP contribution >= 0.6 is 0 Å². The van der Waals surface area contributed by atoms with Crippen LogP contribution < -0.4 is 0 Å². The van der Waals surface area contributed by atoms with Gasteiger partial charge in [0.25, 0.3) is 0 Å². The van der Waals surface area contributed by atoms with Crippen LogP contribution in [-0.2, 0) is 19.0 Å². The van der Waals surface area contributed by atoms with Gasteiger partial charge in [-0.05, 0) is 61.9 Å². The number of hydrogen-bond acceptors (Lipinski definition) is 9. The van der Waals surface area contributed by atoms with Crippen molar-refractivity contribution in [2.75, 3.05) is 19.8 Å². The van der Waals surface area contributed by atoms with Crippen LogP contribution in [0.25, 0.3) is 0 Å². The lowest BCUT2D eigenvalue weighted by molar-refractivity contribution is -0.327. The largest absolute Gasteiger partial charge is 0.463 e. The average Bonchev–Trinajstić information content (AvgIpc) is 2.86. The average molecular weight is 527 g/mol. The predicted molar refractivity (Wildman–Crippen MR) is 136 cm³/mol. The lowest BCUT2D eigenvalue weighted by Crippen LogP contribution is -2.63. The molecule has 1 aliphatic heterocycles. The molecule has 1 heterocycles. The number of fused-ring (bicyclic) bond motifs is 1. The first kappa shape index (κ1) is 30.2. The second-order valence-electron chi connectivity index (χ2n) is 11.6. The van der Waals surface area contributed by atoms with Crippen molar-refractivity contribution in [2.45, 2.75) is 104 Å². The quantitative estimate of drug-likeness (QED) is 0.224.